The number of nitrogens with one attached hydrogen (secondary N) is 1. The Labute approximate surface area is 130 Å². The molecule has 0 amide bonds. The fraction of sp³-hybridized carbons (Fsp3) is 0.444. The molecular formula is C18H21N3O. The average molecular weight is 295 g/mol. The van der Waals surface area contributed by atoms with Crippen LogP contribution in [0.1, 0.15) is 35.7 Å². The van der Waals surface area contributed by atoms with E-state index in [0.29, 0.717) is 12.0 Å². The van der Waals surface area contributed by atoms with Crippen molar-refractivity contribution >= 4 is 0 Å². The van der Waals surface area contributed by atoms with Crippen molar-refractivity contribution < 1.29 is 4.74 Å². The van der Waals surface area contributed by atoms with Gasteiger partial charge < -0.3 is 10.1 Å². The van der Waals surface area contributed by atoms with Crippen molar-refractivity contribution in [3.63, 3.8) is 0 Å². The van der Waals surface area contributed by atoms with E-state index in [-0.39, 0.29) is 0 Å². The maximum absolute atomic E-state index is 5.60. The number of aryl methyl sites for hydroxylation is 1. The molecule has 4 nitrogen and oxygen atoms in total. The van der Waals surface area contributed by atoms with Gasteiger partial charge in [0.05, 0.1) is 6.61 Å². The molecule has 1 aromatic heterocycles. The van der Waals surface area contributed by atoms with Crippen LogP contribution in [0.3, 0.4) is 0 Å². The fourth-order valence-corrected chi connectivity index (χ4v) is 3.52. The fourth-order valence-electron chi connectivity index (χ4n) is 3.52. The van der Waals surface area contributed by atoms with Crippen molar-refractivity contribution in [1.82, 2.24) is 15.3 Å². The summed E-state index contributed by atoms with van der Waals surface area (Å²) in [6.45, 7) is 1.90. The number of aromatic nitrogens is 2. The maximum atomic E-state index is 5.60. The Balaban J connectivity index is 1.36. The zero-order valence-electron chi connectivity index (χ0n) is 12.7. The highest BCUT2D eigenvalue weighted by atomic mass is 16.5. The highest BCUT2D eigenvalue weighted by Crippen LogP contribution is 2.32. The van der Waals surface area contributed by atoms with Gasteiger partial charge in [0.1, 0.15) is 11.6 Å². The summed E-state index contributed by atoms with van der Waals surface area (Å²) in [4.78, 5) is 8.61. The van der Waals surface area contributed by atoms with Crippen molar-refractivity contribution in [3.05, 3.63) is 53.6 Å². The van der Waals surface area contributed by atoms with Gasteiger partial charge >= 0.3 is 0 Å². The van der Waals surface area contributed by atoms with E-state index in [4.69, 9.17) is 4.74 Å². The Morgan fingerprint density at radius 1 is 1.23 bits per heavy atom. The number of nitrogens with zero attached hydrogens (tertiary/aromatic N) is 2. The molecule has 4 heteroatoms. The number of hydrogen-bond acceptors (Lipinski definition) is 4. The van der Waals surface area contributed by atoms with Gasteiger partial charge in [-0.25, -0.2) is 9.97 Å². The molecule has 2 aliphatic rings. The van der Waals surface area contributed by atoms with Crippen LogP contribution in [0.5, 0.6) is 5.75 Å². The quantitative estimate of drug-likeness (QED) is 0.941. The van der Waals surface area contributed by atoms with Crippen molar-refractivity contribution in [2.24, 2.45) is 0 Å². The SMILES string of the molecule is c1cnc(CCC2CC(c3ccc4c(c3)CCO4)CN2)nc1. The normalized spacial score (nSPS) is 23.3. The molecule has 1 fully saturated rings. The Bertz CT molecular complexity index is 644. The predicted molar refractivity (Wildman–Crippen MR) is 85.1 cm³/mol. The first-order chi connectivity index (χ1) is 10.9. The molecule has 0 radical (unpaired) electrons. The van der Waals surface area contributed by atoms with Crippen LogP contribution in [0.4, 0.5) is 0 Å². The summed E-state index contributed by atoms with van der Waals surface area (Å²) in [5.74, 6) is 2.64. The topological polar surface area (TPSA) is 47.0 Å². The molecule has 2 unspecified atom stereocenters. The molecule has 1 N–H and O–H groups in total. The van der Waals surface area contributed by atoms with Crippen molar-refractivity contribution in [3.8, 4) is 5.75 Å². The summed E-state index contributed by atoms with van der Waals surface area (Å²) in [7, 11) is 0. The van der Waals surface area contributed by atoms with Gasteiger partial charge in [0.2, 0.25) is 0 Å². The Morgan fingerprint density at radius 3 is 3.05 bits per heavy atom. The minimum absolute atomic E-state index is 0.568. The molecule has 114 valence electrons. The molecule has 0 saturated carbocycles. The summed E-state index contributed by atoms with van der Waals surface area (Å²) in [5.41, 5.74) is 2.83. The van der Waals surface area contributed by atoms with E-state index in [9.17, 15) is 0 Å². The van der Waals surface area contributed by atoms with Crippen molar-refractivity contribution in [2.75, 3.05) is 13.2 Å². The monoisotopic (exact) mass is 295 g/mol. The lowest BCUT2D eigenvalue weighted by molar-refractivity contribution is 0.357. The van der Waals surface area contributed by atoms with Gasteiger partial charge in [-0.2, -0.15) is 0 Å². The smallest absolute Gasteiger partial charge is 0.128 e. The third-order valence-electron chi connectivity index (χ3n) is 4.74. The maximum Gasteiger partial charge on any atom is 0.128 e. The van der Waals surface area contributed by atoms with Crippen LogP contribution in [0.15, 0.2) is 36.7 Å². The predicted octanol–water partition coefficient (Wildman–Crippen LogP) is 2.49. The largest absolute Gasteiger partial charge is 0.493 e. The number of ether oxygens (including phenoxy) is 1. The van der Waals surface area contributed by atoms with E-state index < -0.39 is 0 Å². The molecule has 2 aromatic rings. The lowest BCUT2D eigenvalue weighted by atomic mass is 9.93. The second kappa shape index (κ2) is 6.05. The molecule has 3 heterocycles. The van der Waals surface area contributed by atoms with E-state index in [1.807, 2.05) is 18.5 Å². The molecule has 4 rings (SSSR count). The van der Waals surface area contributed by atoms with Crippen LogP contribution in [0, 0.1) is 0 Å². The number of rotatable bonds is 4. The molecule has 2 aliphatic heterocycles. The van der Waals surface area contributed by atoms with Gasteiger partial charge in [0.15, 0.2) is 0 Å². The first-order valence-electron chi connectivity index (χ1n) is 8.13. The molecule has 0 bridgehead atoms. The molecule has 0 aliphatic carbocycles. The van der Waals surface area contributed by atoms with Gasteiger partial charge in [-0.1, -0.05) is 12.1 Å². The lowest BCUT2D eigenvalue weighted by Crippen LogP contribution is -2.22. The first-order valence-corrected chi connectivity index (χ1v) is 8.13. The van der Waals surface area contributed by atoms with Gasteiger partial charge in [-0.15, -0.1) is 0 Å². The second-order valence-corrected chi connectivity index (χ2v) is 6.21. The highest BCUT2D eigenvalue weighted by Gasteiger charge is 2.26. The van der Waals surface area contributed by atoms with Crippen LogP contribution < -0.4 is 10.1 Å². The number of fused-ring (bicyclic) bond motifs is 1. The molecule has 2 atom stereocenters. The standard InChI is InChI=1S/C18H21N3O/c1-7-19-18(20-8-1)5-3-16-11-15(12-21-16)13-2-4-17-14(10-13)6-9-22-17/h1-2,4,7-8,10,15-16,21H,3,5-6,9,11-12H2. The molecule has 0 spiro atoms. The third kappa shape index (κ3) is 2.83. The first kappa shape index (κ1) is 13.7. The molecular weight excluding hydrogens is 274 g/mol. The van der Waals surface area contributed by atoms with E-state index in [0.717, 1.165) is 44.0 Å². The minimum atomic E-state index is 0.568. The Hall–Kier alpha value is -1.94. The summed E-state index contributed by atoms with van der Waals surface area (Å²) < 4.78 is 5.60. The van der Waals surface area contributed by atoms with E-state index in [1.54, 1.807) is 0 Å². The molecule has 22 heavy (non-hydrogen) atoms. The van der Waals surface area contributed by atoms with E-state index >= 15 is 0 Å². The minimum Gasteiger partial charge on any atom is -0.493 e. The zero-order chi connectivity index (χ0) is 14.8. The van der Waals surface area contributed by atoms with Gasteiger partial charge in [-0.05, 0) is 42.0 Å². The number of benzene rings is 1. The summed E-state index contributed by atoms with van der Waals surface area (Å²) in [5, 5.41) is 3.66. The average Bonchev–Trinajstić information content (AvgIpc) is 3.22. The summed E-state index contributed by atoms with van der Waals surface area (Å²) in [6, 6.07) is 9.16. The zero-order valence-corrected chi connectivity index (χ0v) is 12.7. The van der Waals surface area contributed by atoms with Crippen LogP contribution in [-0.4, -0.2) is 29.2 Å². The van der Waals surface area contributed by atoms with Crippen LogP contribution in [0.25, 0.3) is 0 Å². The molecule has 1 saturated heterocycles. The van der Waals surface area contributed by atoms with Gasteiger partial charge in [-0.3, -0.25) is 0 Å². The van der Waals surface area contributed by atoms with Gasteiger partial charge in [0, 0.05) is 37.8 Å². The van der Waals surface area contributed by atoms with Crippen molar-refractivity contribution in [1.29, 1.82) is 0 Å². The van der Waals surface area contributed by atoms with Crippen LogP contribution in [-0.2, 0) is 12.8 Å². The molecule has 1 aromatic carbocycles. The second-order valence-electron chi connectivity index (χ2n) is 6.21. The highest BCUT2D eigenvalue weighted by molar-refractivity contribution is 5.41. The lowest BCUT2D eigenvalue weighted by Gasteiger charge is -2.11. The van der Waals surface area contributed by atoms with Crippen LogP contribution >= 0.6 is 0 Å². The summed E-state index contributed by atoms with van der Waals surface area (Å²) in [6.07, 6.45) is 7.95. The van der Waals surface area contributed by atoms with Crippen molar-refractivity contribution in [2.45, 2.75) is 37.6 Å². The van der Waals surface area contributed by atoms with Crippen LogP contribution in [0.2, 0.25) is 0 Å². The van der Waals surface area contributed by atoms with E-state index in [1.165, 1.54) is 17.5 Å². The van der Waals surface area contributed by atoms with E-state index in [2.05, 4.69) is 33.5 Å². The third-order valence-corrected chi connectivity index (χ3v) is 4.74. The number of hydrogen-bond donors (Lipinski definition) is 1. The summed E-state index contributed by atoms with van der Waals surface area (Å²) >= 11 is 0. The Morgan fingerprint density at radius 2 is 2.14 bits per heavy atom. The Kier molecular flexibility index (Phi) is 3.77. The van der Waals surface area contributed by atoms with Gasteiger partial charge in [0.25, 0.3) is 0 Å².